The van der Waals surface area contributed by atoms with Crippen LogP contribution in [0, 0.1) is 6.92 Å². The first kappa shape index (κ1) is 40.9. The normalized spacial score (nSPS) is 13.2. The summed E-state index contributed by atoms with van der Waals surface area (Å²) in [6, 6.07) is 54.0. The molecule has 9 aromatic rings. The average Bonchev–Trinajstić information content (AvgIpc) is 3.55. The Labute approximate surface area is 375 Å². The summed E-state index contributed by atoms with van der Waals surface area (Å²) in [5.41, 5.74) is 19.4. The number of rotatable bonds is 4. The zero-order chi connectivity index (χ0) is 44.5. The van der Waals surface area contributed by atoms with Crippen LogP contribution in [0.1, 0.15) is 111 Å². The molecule has 316 valence electrons. The monoisotopic (exact) mass is 822 g/mol. The molecule has 1 aliphatic carbocycles. The molecule has 0 bridgehead atoms. The second kappa shape index (κ2) is 13.9. The van der Waals surface area contributed by atoms with Gasteiger partial charge in [0.1, 0.15) is 0 Å². The minimum atomic E-state index is 0.0319. The summed E-state index contributed by atoms with van der Waals surface area (Å²) in [7, 11) is 0. The number of benzene rings is 8. The van der Waals surface area contributed by atoms with E-state index in [-0.39, 0.29) is 21.7 Å². The quantitative estimate of drug-likeness (QED) is 0.172. The van der Waals surface area contributed by atoms with Gasteiger partial charge in [0.25, 0.3) is 0 Å². The molecular formula is C61H62N2. The molecule has 10 rings (SSSR count). The highest BCUT2D eigenvalue weighted by atomic mass is 15.1. The predicted molar refractivity (Wildman–Crippen MR) is 274 cm³/mol. The fourth-order valence-corrected chi connectivity index (χ4v) is 9.77. The van der Waals surface area contributed by atoms with Gasteiger partial charge in [-0.15, -0.1) is 0 Å². The molecular weight excluding hydrogens is 761 g/mol. The largest absolute Gasteiger partial charge is 0.310 e. The first-order chi connectivity index (χ1) is 29.6. The van der Waals surface area contributed by atoms with Gasteiger partial charge in [0.2, 0.25) is 0 Å². The van der Waals surface area contributed by atoms with Crippen molar-refractivity contribution in [2.75, 3.05) is 4.90 Å². The lowest BCUT2D eigenvalue weighted by atomic mass is 9.78. The highest BCUT2D eigenvalue weighted by Crippen LogP contribution is 2.51. The summed E-state index contributed by atoms with van der Waals surface area (Å²) in [4.78, 5) is 2.47. The first-order valence-corrected chi connectivity index (χ1v) is 22.9. The lowest BCUT2D eigenvalue weighted by Gasteiger charge is -2.31. The molecule has 0 aliphatic heterocycles. The van der Waals surface area contributed by atoms with Gasteiger partial charge < -0.3 is 9.47 Å². The fourth-order valence-electron chi connectivity index (χ4n) is 9.77. The maximum atomic E-state index is 2.48. The zero-order valence-electron chi connectivity index (χ0n) is 39.7. The van der Waals surface area contributed by atoms with Crippen LogP contribution in [0.4, 0.5) is 17.1 Å². The Morgan fingerprint density at radius 3 is 1.35 bits per heavy atom. The van der Waals surface area contributed by atoms with E-state index in [1.165, 1.54) is 116 Å². The molecule has 0 N–H and O–H groups in total. The van der Waals surface area contributed by atoms with Gasteiger partial charge in [0.05, 0.1) is 11.0 Å². The summed E-state index contributed by atoms with van der Waals surface area (Å²) in [6.45, 7) is 29.9. The molecule has 1 heterocycles. The number of anilines is 3. The summed E-state index contributed by atoms with van der Waals surface area (Å²) in [6.07, 6.45) is 0. The molecule has 63 heavy (non-hydrogen) atoms. The van der Waals surface area contributed by atoms with E-state index < -0.39 is 0 Å². The standard InChI is InChI=1S/C61H62N2/c1-37-17-20-45(61(11,12)13)36-57(37)62(46-16-14-15-42(33-46)58(2,3)4)47-23-18-38-29-49-51(31-40(38)27-47)50-30-39-19-24-48(28-41(39)32-52(49)50)63-55-25-21-43(59(5,6)7)34-53(55)54-35-44(60(8,9)10)22-26-56(54)63/h14-36H,1-13H3. The van der Waals surface area contributed by atoms with Crippen LogP contribution in [-0.2, 0) is 21.7 Å². The molecule has 0 fully saturated rings. The van der Waals surface area contributed by atoms with Crippen LogP contribution in [-0.4, -0.2) is 4.57 Å². The number of aryl methyl sites for hydroxylation is 1. The molecule has 0 saturated carbocycles. The highest BCUT2D eigenvalue weighted by Gasteiger charge is 2.27. The van der Waals surface area contributed by atoms with Crippen LogP contribution >= 0.6 is 0 Å². The van der Waals surface area contributed by atoms with Crippen molar-refractivity contribution < 1.29 is 0 Å². The van der Waals surface area contributed by atoms with Gasteiger partial charge in [-0.3, -0.25) is 0 Å². The summed E-state index contributed by atoms with van der Waals surface area (Å²) in [5.74, 6) is 0. The number of fused-ring (bicyclic) bond motifs is 9. The van der Waals surface area contributed by atoms with E-state index in [9.17, 15) is 0 Å². The summed E-state index contributed by atoms with van der Waals surface area (Å²) < 4.78 is 2.48. The van der Waals surface area contributed by atoms with Crippen LogP contribution in [0.3, 0.4) is 0 Å². The van der Waals surface area contributed by atoms with Crippen LogP contribution in [0.5, 0.6) is 0 Å². The lowest BCUT2D eigenvalue weighted by molar-refractivity contribution is 0.590. The van der Waals surface area contributed by atoms with Crippen molar-refractivity contribution in [1.82, 2.24) is 4.57 Å². The third kappa shape index (κ3) is 6.94. The van der Waals surface area contributed by atoms with Crippen molar-refractivity contribution in [3.63, 3.8) is 0 Å². The Bertz CT molecular complexity index is 3250. The molecule has 2 heteroatoms. The molecule has 0 saturated heterocycles. The Balaban J connectivity index is 1.07. The summed E-state index contributed by atoms with van der Waals surface area (Å²) >= 11 is 0. The molecule has 2 nitrogen and oxygen atoms in total. The predicted octanol–water partition coefficient (Wildman–Crippen LogP) is 17.7. The van der Waals surface area contributed by atoms with Gasteiger partial charge in [-0.1, -0.05) is 132 Å². The van der Waals surface area contributed by atoms with Gasteiger partial charge >= 0.3 is 0 Å². The fraction of sp³-hybridized carbons (Fsp3) is 0.279. The average molecular weight is 823 g/mol. The molecule has 0 spiro atoms. The Hall–Kier alpha value is -6.12. The third-order valence-electron chi connectivity index (χ3n) is 13.8. The lowest BCUT2D eigenvalue weighted by Crippen LogP contribution is -2.17. The van der Waals surface area contributed by atoms with Gasteiger partial charge in [0.15, 0.2) is 0 Å². The minimum absolute atomic E-state index is 0.0319. The maximum absolute atomic E-state index is 2.48. The van der Waals surface area contributed by atoms with Gasteiger partial charge in [-0.05, 0) is 191 Å². The Morgan fingerprint density at radius 1 is 0.365 bits per heavy atom. The van der Waals surface area contributed by atoms with Gasteiger partial charge in [0, 0.05) is 33.5 Å². The SMILES string of the molecule is Cc1ccc(C(C)(C)C)cc1N(c1cccc(C(C)(C)C)c1)c1ccc2cc3c(cc2c1)-c1cc2ccc(-n4c5ccc(C(C)(C)C)cc5c5cc(C(C)(C)C)ccc54)cc2cc1-3. The van der Waals surface area contributed by atoms with Crippen molar-refractivity contribution in [3.05, 3.63) is 167 Å². The first-order valence-electron chi connectivity index (χ1n) is 22.9. The third-order valence-corrected chi connectivity index (χ3v) is 13.8. The van der Waals surface area contributed by atoms with E-state index in [1.54, 1.807) is 0 Å². The van der Waals surface area contributed by atoms with E-state index >= 15 is 0 Å². The molecule has 8 aromatic carbocycles. The molecule has 0 unspecified atom stereocenters. The second-order valence-corrected chi connectivity index (χ2v) is 22.5. The Morgan fingerprint density at radius 2 is 0.810 bits per heavy atom. The second-order valence-electron chi connectivity index (χ2n) is 22.5. The molecule has 0 amide bonds. The number of hydrogen-bond donors (Lipinski definition) is 0. The van der Waals surface area contributed by atoms with Gasteiger partial charge in [-0.2, -0.15) is 0 Å². The van der Waals surface area contributed by atoms with Crippen molar-refractivity contribution in [3.8, 4) is 27.9 Å². The van der Waals surface area contributed by atoms with Crippen molar-refractivity contribution in [1.29, 1.82) is 0 Å². The van der Waals surface area contributed by atoms with E-state index in [0.717, 1.165) is 0 Å². The van der Waals surface area contributed by atoms with Crippen molar-refractivity contribution in [2.24, 2.45) is 0 Å². The molecule has 0 radical (unpaired) electrons. The highest BCUT2D eigenvalue weighted by molar-refractivity contribution is 6.13. The minimum Gasteiger partial charge on any atom is -0.310 e. The van der Waals surface area contributed by atoms with Crippen LogP contribution in [0.2, 0.25) is 0 Å². The van der Waals surface area contributed by atoms with E-state index in [0.29, 0.717) is 0 Å². The van der Waals surface area contributed by atoms with Crippen LogP contribution in [0.15, 0.2) is 140 Å². The van der Waals surface area contributed by atoms with Crippen LogP contribution < -0.4 is 4.90 Å². The maximum Gasteiger partial charge on any atom is 0.0541 e. The van der Waals surface area contributed by atoms with Crippen molar-refractivity contribution in [2.45, 2.75) is 112 Å². The number of hydrogen-bond acceptors (Lipinski definition) is 1. The summed E-state index contributed by atoms with van der Waals surface area (Å²) in [5, 5.41) is 7.68. The van der Waals surface area contributed by atoms with E-state index in [2.05, 4.69) is 239 Å². The van der Waals surface area contributed by atoms with Crippen LogP contribution in [0.25, 0.3) is 71.3 Å². The molecule has 0 atom stereocenters. The smallest absolute Gasteiger partial charge is 0.0541 e. The van der Waals surface area contributed by atoms with E-state index in [4.69, 9.17) is 0 Å². The number of nitrogens with zero attached hydrogens (tertiary/aromatic N) is 2. The zero-order valence-corrected chi connectivity index (χ0v) is 39.7. The Kier molecular flexibility index (Phi) is 9.05. The van der Waals surface area contributed by atoms with E-state index in [1.807, 2.05) is 0 Å². The topological polar surface area (TPSA) is 8.17 Å². The molecule has 1 aliphatic rings. The van der Waals surface area contributed by atoms with Gasteiger partial charge in [-0.25, -0.2) is 0 Å². The molecule has 1 aromatic heterocycles. The number of aromatic nitrogens is 1. The van der Waals surface area contributed by atoms with Crippen molar-refractivity contribution >= 4 is 60.4 Å².